The summed E-state index contributed by atoms with van der Waals surface area (Å²) in [7, 11) is 1.73. The molecule has 0 amide bonds. The number of rotatable bonds is 5. The Morgan fingerprint density at radius 2 is 2.05 bits per heavy atom. The molecule has 1 unspecified atom stereocenters. The summed E-state index contributed by atoms with van der Waals surface area (Å²) in [5, 5.41) is 3.66. The van der Waals surface area contributed by atoms with Crippen LogP contribution in [0.3, 0.4) is 0 Å². The van der Waals surface area contributed by atoms with Crippen LogP contribution in [-0.4, -0.2) is 7.11 Å². The van der Waals surface area contributed by atoms with Crippen LogP contribution < -0.4 is 10.1 Å². The average Bonchev–Trinajstić information content (AvgIpc) is 2.96. The van der Waals surface area contributed by atoms with Crippen LogP contribution in [0.15, 0.2) is 36.4 Å². The fourth-order valence-electron chi connectivity index (χ4n) is 3.27. The number of hydrogen-bond acceptors (Lipinski definition) is 2. The molecule has 2 aromatic carbocycles. The molecule has 0 bridgehead atoms. The number of methoxy groups -OCH3 is 1. The minimum atomic E-state index is 0.376. The minimum Gasteiger partial charge on any atom is -0.496 e. The first kappa shape index (κ1) is 15.0. The first-order chi connectivity index (χ1) is 10.7. The maximum atomic E-state index is 5.36. The van der Waals surface area contributed by atoms with Gasteiger partial charge < -0.3 is 10.1 Å². The van der Waals surface area contributed by atoms with E-state index in [9.17, 15) is 0 Å². The Morgan fingerprint density at radius 1 is 1.18 bits per heavy atom. The van der Waals surface area contributed by atoms with Gasteiger partial charge in [-0.05, 0) is 60.6 Å². The molecule has 0 aliphatic carbocycles. The van der Waals surface area contributed by atoms with E-state index in [0.717, 1.165) is 12.2 Å². The summed E-state index contributed by atoms with van der Waals surface area (Å²) in [5.74, 6) is 0.959. The average molecular weight is 295 g/mol. The van der Waals surface area contributed by atoms with Crippen molar-refractivity contribution in [3.8, 4) is 5.75 Å². The largest absolute Gasteiger partial charge is 0.496 e. The van der Waals surface area contributed by atoms with Crippen molar-refractivity contribution in [1.82, 2.24) is 0 Å². The maximum Gasteiger partial charge on any atom is 0.121 e. The number of benzene rings is 2. The van der Waals surface area contributed by atoms with Gasteiger partial charge in [0.25, 0.3) is 0 Å². The highest BCUT2D eigenvalue weighted by molar-refractivity contribution is 5.59. The Morgan fingerprint density at radius 3 is 2.77 bits per heavy atom. The molecule has 1 aliphatic heterocycles. The highest BCUT2D eigenvalue weighted by Crippen LogP contribution is 2.36. The van der Waals surface area contributed by atoms with Gasteiger partial charge in [0.1, 0.15) is 5.75 Å². The van der Waals surface area contributed by atoms with E-state index in [1.165, 1.54) is 47.2 Å². The molecule has 1 atom stereocenters. The molecule has 0 spiro atoms. The first-order valence-corrected chi connectivity index (χ1v) is 8.24. The maximum absolute atomic E-state index is 5.36. The van der Waals surface area contributed by atoms with Gasteiger partial charge in [0.2, 0.25) is 0 Å². The van der Waals surface area contributed by atoms with Crippen molar-refractivity contribution in [2.75, 3.05) is 12.4 Å². The van der Waals surface area contributed by atoms with E-state index in [4.69, 9.17) is 4.74 Å². The summed E-state index contributed by atoms with van der Waals surface area (Å²) in [5.41, 5.74) is 6.74. The van der Waals surface area contributed by atoms with Gasteiger partial charge in [0.05, 0.1) is 13.2 Å². The van der Waals surface area contributed by atoms with Crippen molar-refractivity contribution in [2.24, 2.45) is 0 Å². The summed E-state index contributed by atoms with van der Waals surface area (Å²) >= 11 is 0. The van der Waals surface area contributed by atoms with Crippen molar-refractivity contribution in [3.63, 3.8) is 0 Å². The Balaban J connectivity index is 1.77. The zero-order chi connectivity index (χ0) is 15.5. The van der Waals surface area contributed by atoms with Crippen LogP contribution >= 0.6 is 0 Å². The number of unbranched alkanes of at least 4 members (excludes halogenated alkanes) is 1. The lowest BCUT2D eigenvalue weighted by Crippen LogP contribution is -2.06. The van der Waals surface area contributed by atoms with Crippen LogP contribution in [0, 0.1) is 6.92 Å². The molecule has 0 fully saturated rings. The van der Waals surface area contributed by atoms with Crippen molar-refractivity contribution in [2.45, 2.75) is 45.6 Å². The molecule has 0 saturated heterocycles. The Bertz CT molecular complexity index is 663. The molecule has 2 heteroatoms. The number of anilines is 1. The minimum absolute atomic E-state index is 0.376. The first-order valence-electron chi connectivity index (χ1n) is 8.24. The highest BCUT2D eigenvalue weighted by Gasteiger charge is 2.22. The third-order valence-electron chi connectivity index (χ3n) is 4.56. The topological polar surface area (TPSA) is 21.3 Å². The molecule has 0 saturated carbocycles. The molecule has 116 valence electrons. The Labute approximate surface area is 133 Å². The van der Waals surface area contributed by atoms with E-state index in [0.29, 0.717) is 6.04 Å². The van der Waals surface area contributed by atoms with Crippen LogP contribution in [0.2, 0.25) is 0 Å². The van der Waals surface area contributed by atoms with E-state index in [1.807, 2.05) is 0 Å². The van der Waals surface area contributed by atoms with E-state index >= 15 is 0 Å². The second kappa shape index (κ2) is 6.43. The molecule has 1 heterocycles. The normalized spacial score (nSPS) is 16.2. The van der Waals surface area contributed by atoms with Crippen LogP contribution in [0.5, 0.6) is 5.75 Å². The zero-order valence-electron chi connectivity index (χ0n) is 13.8. The van der Waals surface area contributed by atoms with Crippen molar-refractivity contribution >= 4 is 5.69 Å². The second-order valence-corrected chi connectivity index (χ2v) is 6.23. The quantitative estimate of drug-likeness (QED) is 0.833. The molecule has 1 aliphatic rings. The van der Waals surface area contributed by atoms with Crippen molar-refractivity contribution in [3.05, 3.63) is 58.7 Å². The molecule has 22 heavy (non-hydrogen) atoms. The third-order valence-corrected chi connectivity index (χ3v) is 4.56. The summed E-state index contributed by atoms with van der Waals surface area (Å²) in [4.78, 5) is 0. The summed E-state index contributed by atoms with van der Waals surface area (Å²) < 4.78 is 5.36. The zero-order valence-corrected chi connectivity index (χ0v) is 13.8. The molecule has 2 nitrogen and oxygen atoms in total. The van der Waals surface area contributed by atoms with Gasteiger partial charge in [-0.15, -0.1) is 0 Å². The molecule has 0 radical (unpaired) electrons. The van der Waals surface area contributed by atoms with E-state index in [-0.39, 0.29) is 0 Å². The number of hydrogen-bond donors (Lipinski definition) is 1. The molecule has 3 rings (SSSR count). The summed E-state index contributed by atoms with van der Waals surface area (Å²) in [6, 6.07) is 13.8. The second-order valence-electron chi connectivity index (χ2n) is 6.23. The van der Waals surface area contributed by atoms with Crippen LogP contribution in [0.25, 0.3) is 0 Å². The molecule has 0 aromatic heterocycles. The van der Waals surface area contributed by atoms with E-state index in [2.05, 4.69) is 55.6 Å². The fourth-order valence-corrected chi connectivity index (χ4v) is 3.27. The smallest absolute Gasteiger partial charge is 0.121 e. The molecule has 2 aromatic rings. The van der Waals surface area contributed by atoms with E-state index in [1.54, 1.807) is 7.11 Å². The Hall–Kier alpha value is -1.96. The SMILES string of the molecule is CCCCc1ccc2c(c1)CC(c1ccc(OC)c(C)c1)N2. The lowest BCUT2D eigenvalue weighted by Gasteiger charge is -2.14. The molecular weight excluding hydrogens is 270 g/mol. The van der Waals surface area contributed by atoms with Crippen LogP contribution in [-0.2, 0) is 12.8 Å². The predicted molar refractivity (Wildman–Crippen MR) is 92.9 cm³/mol. The van der Waals surface area contributed by atoms with Crippen molar-refractivity contribution < 1.29 is 4.74 Å². The number of fused-ring (bicyclic) bond motifs is 1. The third kappa shape index (κ3) is 2.96. The van der Waals surface area contributed by atoms with Gasteiger partial charge in [0, 0.05) is 5.69 Å². The van der Waals surface area contributed by atoms with Gasteiger partial charge in [-0.1, -0.05) is 37.6 Å². The van der Waals surface area contributed by atoms with Crippen molar-refractivity contribution in [1.29, 1.82) is 0 Å². The fraction of sp³-hybridized carbons (Fsp3) is 0.400. The molecular formula is C20H25NO. The summed E-state index contributed by atoms with van der Waals surface area (Å²) in [6.07, 6.45) is 4.79. The number of ether oxygens (including phenoxy) is 1. The monoisotopic (exact) mass is 295 g/mol. The van der Waals surface area contributed by atoms with Gasteiger partial charge >= 0.3 is 0 Å². The summed E-state index contributed by atoms with van der Waals surface area (Å²) in [6.45, 7) is 4.35. The lowest BCUT2D eigenvalue weighted by molar-refractivity contribution is 0.411. The standard InChI is InChI=1S/C20H25NO/c1-4-5-6-15-7-9-18-17(12-15)13-19(21-18)16-8-10-20(22-3)14(2)11-16/h7-12,19,21H,4-6,13H2,1-3H3. The predicted octanol–water partition coefficient (Wildman–Crippen LogP) is 5.06. The van der Waals surface area contributed by atoms with Gasteiger partial charge in [-0.2, -0.15) is 0 Å². The van der Waals surface area contributed by atoms with Crippen LogP contribution in [0.4, 0.5) is 5.69 Å². The van der Waals surface area contributed by atoms with E-state index < -0.39 is 0 Å². The van der Waals surface area contributed by atoms with Gasteiger partial charge in [-0.3, -0.25) is 0 Å². The lowest BCUT2D eigenvalue weighted by atomic mass is 9.99. The van der Waals surface area contributed by atoms with Gasteiger partial charge in [-0.25, -0.2) is 0 Å². The Kier molecular flexibility index (Phi) is 4.37. The van der Waals surface area contributed by atoms with Crippen LogP contribution in [0.1, 0.15) is 48.1 Å². The molecule has 1 N–H and O–H groups in total. The number of nitrogens with one attached hydrogen (secondary N) is 1. The highest BCUT2D eigenvalue weighted by atomic mass is 16.5. The number of aryl methyl sites for hydroxylation is 2. The van der Waals surface area contributed by atoms with Gasteiger partial charge in [0.15, 0.2) is 0 Å².